The second-order valence-corrected chi connectivity index (χ2v) is 5.69. The second-order valence-electron chi connectivity index (χ2n) is 5.69. The van der Waals surface area contributed by atoms with E-state index in [0.29, 0.717) is 12.3 Å². The van der Waals surface area contributed by atoms with Crippen LogP contribution in [0.25, 0.3) is 0 Å². The van der Waals surface area contributed by atoms with Gasteiger partial charge in [0.25, 0.3) is 0 Å². The minimum atomic E-state index is -4.24. The van der Waals surface area contributed by atoms with Gasteiger partial charge < -0.3 is 10.5 Å². The summed E-state index contributed by atoms with van der Waals surface area (Å²) in [6, 6.07) is 8.18. The van der Waals surface area contributed by atoms with Gasteiger partial charge in [-0.2, -0.15) is 13.2 Å². The van der Waals surface area contributed by atoms with E-state index in [0.717, 1.165) is 25.7 Å². The van der Waals surface area contributed by atoms with Gasteiger partial charge in [0, 0.05) is 12.6 Å². The van der Waals surface area contributed by atoms with E-state index in [1.165, 1.54) is 11.1 Å². The number of fused-ring (bicyclic) bond motifs is 1. The zero-order valence-electron chi connectivity index (χ0n) is 12.0. The second kappa shape index (κ2) is 7.27. The van der Waals surface area contributed by atoms with Gasteiger partial charge >= 0.3 is 6.18 Å². The molecule has 2 atom stereocenters. The topological polar surface area (TPSA) is 35.2 Å². The lowest BCUT2D eigenvalue weighted by Crippen LogP contribution is -2.22. The lowest BCUT2D eigenvalue weighted by molar-refractivity contribution is -0.174. The van der Waals surface area contributed by atoms with Crippen molar-refractivity contribution in [1.29, 1.82) is 0 Å². The third-order valence-electron chi connectivity index (χ3n) is 4.07. The number of nitrogens with two attached hydrogens (primary N) is 1. The van der Waals surface area contributed by atoms with E-state index in [1.54, 1.807) is 0 Å². The van der Waals surface area contributed by atoms with Crippen LogP contribution in [0.2, 0.25) is 0 Å². The third-order valence-corrected chi connectivity index (χ3v) is 4.07. The molecule has 0 bridgehead atoms. The molecule has 1 aliphatic carbocycles. The van der Waals surface area contributed by atoms with Gasteiger partial charge in [-0.1, -0.05) is 24.3 Å². The molecule has 2 nitrogen and oxygen atoms in total. The molecule has 1 aromatic carbocycles. The molecule has 1 aliphatic rings. The van der Waals surface area contributed by atoms with Crippen LogP contribution in [0.4, 0.5) is 13.2 Å². The standard InChI is InChI=1S/C16H22F3NO/c17-16(18,19)11-21-10-4-8-13-7-3-6-12-5-1-2-9-14(12)15(13)20/h1-2,5,9,13,15H,3-4,6-8,10-11,20H2. The molecule has 2 rings (SSSR count). The summed E-state index contributed by atoms with van der Waals surface area (Å²) in [4.78, 5) is 0. The van der Waals surface area contributed by atoms with Gasteiger partial charge in [-0.25, -0.2) is 0 Å². The summed E-state index contributed by atoms with van der Waals surface area (Å²) in [6.07, 6.45) is 0.334. The Morgan fingerprint density at radius 1 is 1.24 bits per heavy atom. The molecule has 5 heteroatoms. The van der Waals surface area contributed by atoms with Gasteiger partial charge in [0.2, 0.25) is 0 Å². The fourth-order valence-corrected chi connectivity index (χ4v) is 3.03. The van der Waals surface area contributed by atoms with E-state index >= 15 is 0 Å². The number of aryl methyl sites for hydroxylation is 1. The monoisotopic (exact) mass is 301 g/mol. The van der Waals surface area contributed by atoms with Gasteiger partial charge in [-0.15, -0.1) is 0 Å². The number of halogens is 3. The van der Waals surface area contributed by atoms with Crippen molar-refractivity contribution in [2.24, 2.45) is 11.7 Å². The van der Waals surface area contributed by atoms with E-state index in [-0.39, 0.29) is 12.6 Å². The first-order valence-corrected chi connectivity index (χ1v) is 7.45. The smallest absolute Gasteiger partial charge is 0.372 e. The third kappa shape index (κ3) is 5.00. The van der Waals surface area contributed by atoms with Gasteiger partial charge in [0.05, 0.1) is 0 Å². The van der Waals surface area contributed by atoms with Gasteiger partial charge in [-0.05, 0) is 49.1 Å². The summed E-state index contributed by atoms with van der Waals surface area (Å²) in [5, 5.41) is 0. The Bertz CT molecular complexity index is 447. The van der Waals surface area contributed by atoms with Crippen molar-refractivity contribution < 1.29 is 17.9 Å². The minimum absolute atomic E-state index is 0.0219. The first kappa shape index (κ1) is 16.3. The fourth-order valence-electron chi connectivity index (χ4n) is 3.03. The Labute approximate surface area is 123 Å². The predicted molar refractivity (Wildman–Crippen MR) is 75.9 cm³/mol. The van der Waals surface area contributed by atoms with E-state index in [4.69, 9.17) is 5.73 Å². The molecule has 2 N–H and O–H groups in total. The average Bonchev–Trinajstić information content (AvgIpc) is 2.58. The Hall–Kier alpha value is -1.07. The lowest BCUT2D eigenvalue weighted by atomic mass is 9.88. The number of rotatable bonds is 5. The van der Waals surface area contributed by atoms with E-state index in [1.807, 2.05) is 12.1 Å². The normalized spacial score (nSPS) is 22.7. The minimum Gasteiger partial charge on any atom is -0.372 e. The maximum atomic E-state index is 12.0. The molecule has 0 fully saturated rings. The van der Waals surface area contributed by atoms with Crippen molar-refractivity contribution >= 4 is 0 Å². The van der Waals surface area contributed by atoms with Crippen LogP contribution in [0.15, 0.2) is 24.3 Å². The molecule has 21 heavy (non-hydrogen) atoms. The molecule has 118 valence electrons. The van der Waals surface area contributed by atoms with Gasteiger partial charge in [-0.3, -0.25) is 0 Å². The molecule has 0 aromatic heterocycles. The van der Waals surface area contributed by atoms with Crippen LogP contribution < -0.4 is 5.73 Å². The van der Waals surface area contributed by atoms with Gasteiger partial charge in [0.15, 0.2) is 0 Å². The van der Waals surface area contributed by atoms with E-state index < -0.39 is 12.8 Å². The molecule has 2 unspecified atom stereocenters. The fraction of sp³-hybridized carbons (Fsp3) is 0.625. The van der Waals surface area contributed by atoms with Crippen molar-refractivity contribution in [2.75, 3.05) is 13.2 Å². The highest BCUT2D eigenvalue weighted by Gasteiger charge is 2.27. The van der Waals surface area contributed by atoms with Crippen molar-refractivity contribution in [2.45, 2.75) is 44.3 Å². The first-order valence-electron chi connectivity index (χ1n) is 7.45. The van der Waals surface area contributed by atoms with Crippen LogP contribution in [0.5, 0.6) is 0 Å². The number of hydrogen-bond donors (Lipinski definition) is 1. The lowest BCUT2D eigenvalue weighted by Gasteiger charge is -2.23. The molecular formula is C16H22F3NO. The quantitative estimate of drug-likeness (QED) is 0.659. The number of hydrogen-bond acceptors (Lipinski definition) is 2. The van der Waals surface area contributed by atoms with E-state index in [2.05, 4.69) is 16.9 Å². The summed E-state index contributed by atoms with van der Waals surface area (Å²) in [7, 11) is 0. The molecule has 0 amide bonds. The van der Waals surface area contributed by atoms with Crippen molar-refractivity contribution in [3.63, 3.8) is 0 Å². The van der Waals surface area contributed by atoms with Crippen LogP contribution in [0.1, 0.15) is 42.9 Å². The van der Waals surface area contributed by atoms with Crippen molar-refractivity contribution in [3.8, 4) is 0 Å². The zero-order chi connectivity index (χ0) is 15.3. The number of benzene rings is 1. The highest BCUT2D eigenvalue weighted by Crippen LogP contribution is 2.34. The molecular weight excluding hydrogens is 279 g/mol. The summed E-state index contributed by atoms with van der Waals surface area (Å²) in [5.41, 5.74) is 8.85. The molecule has 0 saturated heterocycles. The zero-order valence-corrected chi connectivity index (χ0v) is 12.0. The maximum Gasteiger partial charge on any atom is 0.411 e. The van der Waals surface area contributed by atoms with Crippen LogP contribution in [0.3, 0.4) is 0 Å². The maximum absolute atomic E-state index is 12.0. The highest BCUT2D eigenvalue weighted by atomic mass is 19.4. The molecule has 0 aliphatic heterocycles. The van der Waals surface area contributed by atoms with E-state index in [9.17, 15) is 13.2 Å². The van der Waals surface area contributed by atoms with Crippen LogP contribution in [0, 0.1) is 5.92 Å². The molecule has 0 spiro atoms. The molecule has 1 aromatic rings. The Balaban J connectivity index is 1.81. The van der Waals surface area contributed by atoms with Crippen LogP contribution in [-0.2, 0) is 11.2 Å². The summed E-state index contributed by atoms with van der Waals surface area (Å²) in [6.45, 7) is -1.02. The SMILES string of the molecule is NC1c2ccccc2CCCC1CCCOCC(F)(F)F. The van der Waals surface area contributed by atoms with Gasteiger partial charge in [0.1, 0.15) is 6.61 Å². The summed E-state index contributed by atoms with van der Waals surface area (Å²) >= 11 is 0. The summed E-state index contributed by atoms with van der Waals surface area (Å²) < 4.78 is 40.6. The van der Waals surface area contributed by atoms with Crippen molar-refractivity contribution in [3.05, 3.63) is 35.4 Å². The number of alkyl halides is 3. The first-order chi connectivity index (χ1) is 9.97. The molecule has 0 heterocycles. The predicted octanol–water partition coefficient (Wildman–Crippen LogP) is 4.00. The highest BCUT2D eigenvalue weighted by molar-refractivity contribution is 5.31. The number of ether oxygens (including phenoxy) is 1. The average molecular weight is 301 g/mol. The van der Waals surface area contributed by atoms with Crippen molar-refractivity contribution in [1.82, 2.24) is 0 Å². The molecule has 0 radical (unpaired) electrons. The van der Waals surface area contributed by atoms with Crippen LogP contribution >= 0.6 is 0 Å². The summed E-state index contributed by atoms with van der Waals surface area (Å²) in [5.74, 6) is 0.322. The Morgan fingerprint density at radius 3 is 2.76 bits per heavy atom. The largest absolute Gasteiger partial charge is 0.411 e. The Morgan fingerprint density at radius 2 is 2.00 bits per heavy atom. The molecule has 0 saturated carbocycles. The van der Waals surface area contributed by atoms with Crippen LogP contribution in [-0.4, -0.2) is 19.4 Å². The Kier molecular flexibility index (Phi) is 5.65.